The monoisotopic (exact) mass is 276 g/mol. The third-order valence-corrected chi connectivity index (χ3v) is 5.54. The summed E-state index contributed by atoms with van der Waals surface area (Å²) < 4.78 is 28.4. The maximum Gasteiger partial charge on any atom is 0.151 e. The molecule has 2 saturated heterocycles. The number of nitrogens with one attached hydrogen (secondary N) is 1. The van der Waals surface area contributed by atoms with Gasteiger partial charge in [0.15, 0.2) is 9.84 Å². The molecule has 0 spiro atoms. The highest BCUT2D eigenvalue weighted by Gasteiger charge is 2.29. The highest BCUT2D eigenvalue weighted by molar-refractivity contribution is 7.91. The molecular weight excluding hydrogens is 252 g/mol. The maximum atomic E-state index is 11.4. The fourth-order valence-corrected chi connectivity index (χ4v) is 4.30. The Kier molecular flexibility index (Phi) is 4.64. The van der Waals surface area contributed by atoms with Crippen LogP contribution in [-0.2, 0) is 14.6 Å². The number of hydrogen-bond acceptors (Lipinski definition) is 5. The Bertz CT molecular complexity index is 370. The summed E-state index contributed by atoms with van der Waals surface area (Å²) in [5.74, 6) is 0.613. The lowest BCUT2D eigenvalue weighted by molar-refractivity contribution is -0.0378. The molecule has 2 aliphatic rings. The fourth-order valence-electron chi connectivity index (χ4n) is 2.59. The van der Waals surface area contributed by atoms with Crippen LogP contribution in [0.2, 0.25) is 0 Å². The standard InChI is InChI=1S/C12H24N2O3S/c1-10(2)14-4-5-17-12(8-14)7-13-11-3-6-18(15,16)9-11/h10-13H,3-9H2,1-2H3. The summed E-state index contributed by atoms with van der Waals surface area (Å²) >= 11 is 0. The van der Waals surface area contributed by atoms with Crippen LogP contribution in [0.15, 0.2) is 0 Å². The first-order valence-electron chi connectivity index (χ1n) is 6.76. The van der Waals surface area contributed by atoms with Gasteiger partial charge in [0.1, 0.15) is 0 Å². The number of ether oxygens (including phenoxy) is 1. The highest BCUT2D eigenvalue weighted by Crippen LogP contribution is 2.12. The van der Waals surface area contributed by atoms with E-state index in [1.54, 1.807) is 0 Å². The second kappa shape index (κ2) is 5.86. The molecule has 6 heteroatoms. The molecule has 0 aromatic carbocycles. The molecule has 2 fully saturated rings. The first-order chi connectivity index (χ1) is 8.46. The van der Waals surface area contributed by atoms with Crippen LogP contribution in [0.25, 0.3) is 0 Å². The molecule has 0 radical (unpaired) electrons. The van der Waals surface area contributed by atoms with Gasteiger partial charge in [-0.1, -0.05) is 0 Å². The predicted octanol–water partition coefficient (Wildman–Crippen LogP) is -0.128. The average molecular weight is 276 g/mol. The number of hydrogen-bond donors (Lipinski definition) is 1. The van der Waals surface area contributed by atoms with E-state index in [0.29, 0.717) is 11.8 Å². The number of morpholine rings is 1. The van der Waals surface area contributed by atoms with Crippen LogP contribution in [-0.4, -0.2) is 69.3 Å². The minimum absolute atomic E-state index is 0.119. The first-order valence-corrected chi connectivity index (χ1v) is 8.58. The van der Waals surface area contributed by atoms with Gasteiger partial charge < -0.3 is 10.1 Å². The Balaban J connectivity index is 1.74. The molecule has 2 atom stereocenters. The van der Waals surface area contributed by atoms with Crippen LogP contribution in [0.5, 0.6) is 0 Å². The highest BCUT2D eigenvalue weighted by atomic mass is 32.2. The number of nitrogens with zero attached hydrogens (tertiary/aromatic N) is 1. The molecule has 0 aromatic rings. The summed E-state index contributed by atoms with van der Waals surface area (Å²) in [5, 5.41) is 3.34. The first kappa shape index (κ1) is 14.2. The van der Waals surface area contributed by atoms with E-state index in [-0.39, 0.29) is 17.9 Å². The van der Waals surface area contributed by atoms with Gasteiger partial charge in [0.2, 0.25) is 0 Å². The summed E-state index contributed by atoms with van der Waals surface area (Å²) in [6, 6.07) is 0.663. The zero-order valence-electron chi connectivity index (χ0n) is 11.3. The second-order valence-electron chi connectivity index (χ2n) is 5.59. The lowest BCUT2D eigenvalue weighted by atomic mass is 10.2. The van der Waals surface area contributed by atoms with Gasteiger partial charge in [-0.2, -0.15) is 0 Å². The van der Waals surface area contributed by atoms with Gasteiger partial charge in [0.25, 0.3) is 0 Å². The molecule has 2 heterocycles. The third kappa shape index (κ3) is 3.91. The Morgan fingerprint density at radius 3 is 2.83 bits per heavy atom. The summed E-state index contributed by atoms with van der Waals surface area (Å²) in [6.45, 7) is 7.84. The van der Waals surface area contributed by atoms with Gasteiger partial charge >= 0.3 is 0 Å². The Morgan fingerprint density at radius 1 is 1.44 bits per heavy atom. The topological polar surface area (TPSA) is 58.6 Å². The third-order valence-electron chi connectivity index (χ3n) is 3.77. The van der Waals surface area contributed by atoms with Gasteiger partial charge in [0, 0.05) is 31.7 Å². The van der Waals surface area contributed by atoms with Crippen molar-refractivity contribution in [3.63, 3.8) is 0 Å². The summed E-state index contributed by atoms with van der Waals surface area (Å²) in [6.07, 6.45) is 0.924. The molecule has 0 saturated carbocycles. The Labute approximate surface area is 110 Å². The van der Waals surface area contributed by atoms with Crippen LogP contribution in [0.1, 0.15) is 20.3 Å². The van der Waals surface area contributed by atoms with Gasteiger partial charge in [0.05, 0.1) is 24.2 Å². The summed E-state index contributed by atoms with van der Waals surface area (Å²) in [5.41, 5.74) is 0. The van der Waals surface area contributed by atoms with Crippen molar-refractivity contribution < 1.29 is 13.2 Å². The molecule has 2 unspecified atom stereocenters. The molecule has 5 nitrogen and oxygen atoms in total. The van der Waals surface area contributed by atoms with Crippen LogP contribution < -0.4 is 5.32 Å². The van der Waals surface area contributed by atoms with Gasteiger partial charge in [-0.25, -0.2) is 8.42 Å². The Hall–Kier alpha value is -0.170. The largest absolute Gasteiger partial charge is 0.374 e. The van der Waals surface area contributed by atoms with Crippen LogP contribution in [0, 0.1) is 0 Å². The van der Waals surface area contributed by atoms with E-state index in [0.717, 1.165) is 32.7 Å². The van der Waals surface area contributed by atoms with Gasteiger partial charge in [-0.05, 0) is 20.3 Å². The van der Waals surface area contributed by atoms with E-state index in [1.165, 1.54) is 0 Å². The van der Waals surface area contributed by atoms with Gasteiger partial charge in [-0.15, -0.1) is 0 Å². The normalized spacial score (nSPS) is 33.1. The van der Waals surface area contributed by atoms with E-state index in [2.05, 4.69) is 24.1 Å². The molecule has 1 N–H and O–H groups in total. The summed E-state index contributed by atoms with van der Waals surface area (Å²) in [4.78, 5) is 2.40. The fraction of sp³-hybridized carbons (Fsp3) is 1.00. The maximum absolute atomic E-state index is 11.4. The van der Waals surface area contributed by atoms with Crippen LogP contribution in [0.3, 0.4) is 0 Å². The number of rotatable bonds is 4. The van der Waals surface area contributed by atoms with Crippen LogP contribution in [0.4, 0.5) is 0 Å². The lowest BCUT2D eigenvalue weighted by Gasteiger charge is -2.36. The van der Waals surface area contributed by atoms with E-state index in [1.807, 2.05) is 0 Å². The van der Waals surface area contributed by atoms with E-state index >= 15 is 0 Å². The molecule has 2 rings (SSSR count). The minimum Gasteiger partial charge on any atom is -0.374 e. The van der Waals surface area contributed by atoms with Crippen LogP contribution >= 0.6 is 0 Å². The van der Waals surface area contributed by atoms with E-state index in [4.69, 9.17) is 4.74 Å². The Morgan fingerprint density at radius 2 is 2.22 bits per heavy atom. The SMILES string of the molecule is CC(C)N1CCOC(CNC2CCS(=O)(=O)C2)C1. The quantitative estimate of drug-likeness (QED) is 0.775. The summed E-state index contributed by atoms with van der Waals surface area (Å²) in [7, 11) is -2.79. The molecule has 0 aromatic heterocycles. The molecule has 106 valence electrons. The molecular formula is C12H24N2O3S. The molecule has 0 aliphatic carbocycles. The van der Waals surface area contributed by atoms with Crippen molar-refractivity contribution in [3.05, 3.63) is 0 Å². The lowest BCUT2D eigenvalue weighted by Crippen LogP contribution is -2.50. The average Bonchev–Trinajstić information content (AvgIpc) is 2.67. The van der Waals surface area contributed by atoms with Crippen molar-refractivity contribution in [2.45, 2.75) is 38.5 Å². The van der Waals surface area contributed by atoms with Gasteiger partial charge in [-0.3, -0.25) is 4.90 Å². The molecule has 0 amide bonds. The zero-order valence-corrected chi connectivity index (χ0v) is 12.1. The van der Waals surface area contributed by atoms with E-state index in [9.17, 15) is 8.42 Å². The van der Waals surface area contributed by atoms with Crippen molar-refractivity contribution >= 4 is 9.84 Å². The molecule has 2 aliphatic heterocycles. The second-order valence-corrected chi connectivity index (χ2v) is 7.82. The van der Waals surface area contributed by atoms with Crippen molar-refractivity contribution in [1.82, 2.24) is 10.2 Å². The number of sulfone groups is 1. The van der Waals surface area contributed by atoms with Crippen molar-refractivity contribution in [3.8, 4) is 0 Å². The molecule has 18 heavy (non-hydrogen) atoms. The zero-order chi connectivity index (χ0) is 13.2. The smallest absolute Gasteiger partial charge is 0.151 e. The van der Waals surface area contributed by atoms with Crippen molar-refractivity contribution in [1.29, 1.82) is 0 Å². The van der Waals surface area contributed by atoms with Crippen molar-refractivity contribution in [2.75, 3.05) is 37.7 Å². The predicted molar refractivity (Wildman–Crippen MR) is 71.5 cm³/mol. The minimum atomic E-state index is -2.79. The van der Waals surface area contributed by atoms with Crippen molar-refractivity contribution in [2.24, 2.45) is 0 Å². The van der Waals surface area contributed by atoms with E-state index < -0.39 is 9.84 Å². The molecule has 0 bridgehead atoms.